The molecule has 1 unspecified atom stereocenters. The van der Waals surface area contributed by atoms with E-state index in [4.69, 9.17) is 4.74 Å². The van der Waals surface area contributed by atoms with Gasteiger partial charge in [0.1, 0.15) is 6.10 Å². The first kappa shape index (κ1) is 16.4. The number of benzene rings is 2. The van der Waals surface area contributed by atoms with Crippen LogP contribution in [0.1, 0.15) is 12.0 Å². The number of amides is 2. The second kappa shape index (κ2) is 7.04. The first-order valence-corrected chi connectivity index (χ1v) is 8.82. The van der Waals surface area contributed by atoms with Crippen molar-refractivity contribution in [2.75, 3.05) is 18.4 Å². The van der Waals surface area contributed by atoms with Crippen LogP contribution in [-0.4, -0.2) is 35.1 Å². The van der Waals surface area contributed by atoms with E-state index in [9.17, 15) is 4.79 Å². The van der Waals surface area contributed by atoms with E-state index in [-0.39, 0.29) is 12.1 Å². The summed E-state index contributed by atoms with van der Waals surface area (Å²) in [5.41, 5.74) is 2.89. The molecule has 26 heavy (non-hydrogen) atoms. The number of aromatic nitrogens is 1. The van der Waals surface area contributed by atoms with E-state index in [1.54, 1.807) is 4.90 Å². The van der Waals surface area contributed by atoms with E-state index in [1.807, 2.05) is 67.6 Å². The van der Waals surface area contributed by atoms with E-state index in [0.29, 0.717) is 19.0 Å². The van der Waals surface area contributed by atoms with Crippen LogP contribution in [0.5, 0.6) is 5.88 Å². The third-order valence-electron chi connectivity index (χ3n) is 4.60. The first-order chi connectivity index (χ1) is 12.7. The highest BCUT2D eigenvalue weighted by molar-refractivity contribution is 5.89. The molecule has 132 valence electrons. The highest BCUT2D eigenvalue weighted by atomic mass is 16.5. The lowest BCUT2D eigenvalue weighted by molar-refractivity contribution is 0.190. The lowest BCUT2D eigenvalue weighted by Gasteiger charge is -2.18. The zero-order chi connectivity index (χ0) is 17.9. The Hall–Kier alpha value is -3.08. The van der Waals surface area contributed by atoms with Crippen LogP contribution in [-0.2, 0) is 0 Å². The van der Waals surface area contributed by atoms with Crippen molar-refractivity contribution in [3.8, 4) is 5.88 Å². The van der Waals surface area contributed by atoms with Crippen LogP contribution in [0.25, 0.3) is 10.9 Å². The normalized spacial score (nSPS) is 16.7. The molecule has 5 nitrogen and oxygen atoms in total. The van der Waals surface area contributed by atoms with Crippen LogP contribution in [0.4, 0.5) is 10.5 Å². The van der Waals surface area contributed by atoms with Gasteiger partial charge < -0.3 is 15.0 Å². The summed E-state index contributed by atoms with van der Waals surface area (Å²) < 4.78 is 6.00. The number of carbonyl (C=O) groups excluding carboxylic acids is 1. The smallest absolute Gasteiger partial charge is 0.321 e. The second-order valence-corrected chi connectivity index (χ2v) is 6.61. The van der Waals surface area contributed by atoms with Crippen LogP contribution in [0.2, 0.25) is 0 Å². The van der Waals surface area contributed by atoms with Crippen molar-refractivity contribution in [2.24, 2.45) is 0 Å². The average Bonchev–Trinajstić information content (AvgIpc) is 3.12. The maximum Gasteiger partial charge on any atom is 0.321 e. The standard InChI is InChI=1S/C21H21N3O2/c1-15-6-9-17(10-7-15)22-21(25)24-13-12-18(14-24)26-20-11-8-16-4-2-3-5-19(16)23-20/h2-11,18H,12-14H2,1H3,(H,22,25). The molecule has 2 aromatic carbocycles. The molecule has 0 spiro atoms. The van der Waals surface area contributed by atoms with E-state index < -0.39 is 0 Å². The van der Waals surface area contributed by atoms with Crippen LogP contribution in [0, 0.1) is 6.92 Å². The van der Waals surface area contributed by atoms with Crippen LogP contribution >= 0.6 is 0 Å². The number of carbonyl (C=O) groups is 1. The van der Waals surface area contributed by atoms with Crippen LogP contribution < -0.4 is 10.1 Å². The zero-order valence-corrected chi connectivity index (χ0v) is 14.7. The van der Waals surface area contributed by atoms with Gasteiger partial charge in [0.05, 0.1) is 12.1 Å². The van der Waals surface area contributed by atoms with Crippen molar-refractivity contribution < 1.29 is 9.53 Å². The van der Waals surface area contributed by atoms with Gasteiger partial charge in [-0.3, -0.25) is 0 Å². The molecule has 1 N–H and O–H groups in total. The van der Waals surface area contributed by atoms with Gasteiger partial charge in [-0.2, -0.15) is 0 Å². The number of hydrogen-bond acceptors (Lipinski definition) is 3. The fourth-order valence-corrected chi connectivity index (χ4v) is 3.13. The molecule has 2 heterocycles. The summed E-state index contributed by atoms with van der Waals surface area (Å²) in [5.74, 6) is 0.606. The molecule has 1 aliphatic rings. The summed E-state index contributed by atoms with van der Waals surface area (Å²) in [7, 11) is 0. The predicted molar refractivity (Wildman–Crippen MR) is 103 cm³/mol. The van der Waals surface area contributed by atoms with Gasteiger partial charge in [0.15, 0.2) is 0 Å². The van der Waals surface area contributed by atoms with Crippen molar-refractivity contribution >= 4 is 22.6 Å². The lowest BCUT2D eigenvalue weighted by atomic mass is 10.2. The molecule has 0 radical (unpaired) electrons. The number of rotatable bonds is 3. The number of fused-ring (bicyclic) bond motifs is 1. The molecule has 1 atom stereocenters. The minimum absolute atomic E-state index is 0.0348. The Labute approximate surface area is 152 Å². The number of aryl methyl sites for hydroxylation is 1. The molecule has 1 fully saturated rings. The first-order valence-electron chi connectivity index (χ1n) is 8.82. The van der Waals surface area contributed by atoms with Gasteiger partial charge in [-0.15, -0.1) is 0 Å². The maximum atomic E-state index is 12.4. The molecule has 0 bridgehead atoms. The van der Waals surface area contributed by atoms with Gasteiger partial charge >= 0.3 is 6.03 Å². The number of para-hydroxylation sites is 1. The van der Waals surface area contributed by atoms with Crippen LogP contribution in [0.15, 0.2) is 60.7 Å². The monoisotopic (exact) mass is 347 g/mol. The number of likely N-dealkylation sites (tertiary alicyclic amines) is 1. The molecule has 1 aliphatic heterocycles. The summed E-state index contributed by atoms with van der Waals surface area (Å²) in [4.78, 5) is 18.7. The molecular weight excluding hydrogens is 326 g/mol. The number of nitrogens with zero attached hydrogens (tertiary/aromatic N) is 2. The Morgan fingerprint density at radius 3 is 2.77 bits per heavy atom. The molecule has 5 heteroatoms. The van der Waals surface area contributed by atoms with Gasteiger partial charge in [0, 0.05) is 30.1 Å². The molecule has 3 aromatic rings. The second-order valence-electron chi connectivity index (χ2n) is 6.61. The lowest BCUT2D eigenvalue weighted by Crippen LogP contribution is -2.34. The summed E-state index contributed by atoms with van der Waals surface area (Å²) >= 11 is 0. The van der Waals surface area contributed by atoms with Gasteiger partial charge in [-0.05, 0) is 31.2 Å². The highest BCUT2D eigenvalue weighted by Crippen LogP contribution is 2.21. The topological polar surface area (TPSA) is 54.5 Å². The maximum absolute atomic E-state index is 12.4. The van der Waals surface area contributed by atoms with E-state index in [1.165, 1.54) is 5.56 Å². The fourth-order valence-electron chi connectivity index (χ4n) is 3.13. The van der Waals surface area contributed by atoms with E-state index in [0.717, 1.165) is 23.0 Å². The van der Waals surface area contributed by atoms with Crippen molar-refractivity contribution in [1.82, 2.24) is 9.88 Å². The highest BCUT2D eigenvalue weighted by Gasteiger charge is 2.28. The number of pyridine rings is 1. The fraction of sp³-hybridized carbons (Fsp3) is 0.238. The molecule has 2 amide bonds. The SMILES string of the molecule is Cc1ccc(NC(=O)N2CCC(Oc3ccc4ccccc4n3)C2)cc1. The molecule has 1 aromatic heterocycles. The summed E-state index contributed by atoms with van der Waals surface area (Å²) in [6.45, 7) is 3.26. The molecule has 0 aliphatic carbocycles. The van der Waals surface area contributed by atoms with Gasteiger partial charge in [-0.1, -0.05) is 35.9 Å². The summed E-state index contributed by atoms with van der Waals surface area (Å²) in [6, 6.07) is 19.5. The van der Waals surface area contributed by atoms with Crippen molar-refractivity contribution in [2.45, 2.75) is 19.4 Å². The number of urea groups is 1. The third-order valence-corrected chi connectivity index (χ3v) is 4.60. The summed E-state index contributed by atoms with van der Waals surface area (Å²) in [5, 5.41) is 4.02. The third kappa shape index (κ3) is 3.61. The van der Waals surface area contributed by atoms with Crippen LogP contribution in [0.3, 0.4) is 0 Å². The molecule has 0 saturated carbocycles. The number of hydrogen-bond donors (Lipinski definition) is 1. The largest absolute Gasteiger partial charge is 0.472 e. The Kier molecular flexibility index (Phi) is 4.44. The number of ether oxygens (including phenoxy) is 1. The quantitative estimate of drug-likeness (QED) is 0.771. The van der Waals surface area contributed by atoms with Crippen molar-refractivity contribution in [3.63, 3.8) is 0 Å². The number of nitrogens with one attached hydrogen (secondary N) is 1. The average molecular weight is 347 g/mol. The molecule has 1 saturated heterocycles. The summed E-state index contributed by atoms with van der Waals surface area (Å²) in [6.07, 6.45) is 0.767. The Bertz CT molecular complexity index is 924. The minimum atomic E-state index is -0.0913. The minimum Gasteiger partial charge on any atom is -0.472 e. The van der Waals surface area contributed by atoms with Gasteiger partial charge in [0.25, 0.3) is 0 Å². The van der Waals surface area contributed by atoms with Crippen molar-refractivity contribution in [1.29, 1.82) is 0 Å². The van der Waals surface area contributed by atoms with E-state index >= 15 is 0 Å². The van der Waals surface area contributed by atoms with Gasteiger partial charge in [0.2, 0.25) is 5.88 Å². The Morgan fingerprint density at radius 2 is 1.92 bits per heavy atom. The molecule has 4 rings (SSSR count). The van der Waals surface area contributed by atoms with Gasteiger partial charge in [-0.25, -0.2) is 9.78 Å². The number of anilines is 1. The predicted octanol–water partition coefficient (Wildman–Crippen LogP) is 4.23. The molecular formula is C21H21N3O2. The Morgan fingerprint density at radius 1 is 1.12 bits per heavy atom. The Balaban J connectivity index is 1.36. The van der Waals surface area contributed by atoms with E-state index in [2.05, 4.69) is 10.3 Å². The zero-order valence-electron chi connectivity index (χ0n) is 14.7. The van der Waals surface area contributed by atoms with Crippen molar-refractivity contribution in [3.05, 3.63) is 66.2 Å².